The lowest BCUT2D eigenvalue weighted by Crippen LogP contribution is -2.33. The highest BCUT2D eigenvalue weighted by molar-refractivity contribution is 4.90. The third kappa shape index (κ3) is 2.05. The third-order valence-electron chi connectivity index (χ3n) is 3.74. The van der Waals surface area contributed by atoms with Crippen LogP contribution in [-0.2, 0) is 4.74 Å². The van der Waals surface area contributed by atoms with Gasteiger partial charge in [0, 0.05) is 13.2 Å². The van der Waals surface area contributed by atoms with E-state index in [1.54, 1.807) is 0 Å². The quantitative estimate of drug-likeness (QED) is 0.712. The van der Waals surface area contributed by atoms with Gasteiger partial charge in [-0.3, -0.25) is 0 Å². The van der Waals surface area contributed by atoms with Gasteiger partial charge < -0.3 is 9.84 Å². The van der Waals surface area contributed by atoms with Crippen LogP contribution in [0.4, 0.5) is 0 Å². The lowest BCUT2D eigenvalue weighted by molar-refractivity contribution is -0.0365. The van der Waals surface area contributed by atoms with Crippen LogP contribution < -0.4 is 0 Å². The molecule has 1 saturated carbocycles. The van der Waals surface area contributed by atoms with E-state index in [1.807, 2.05) is 0 Å². The SMILES string of the molecule is OCCC1CCC2(CCCO2)CC1. The Labute approximate surface area is 80.3 Å². The number of hydrogen-bond donors (Lipinski definition) is 1. The number of aliphatic hydroxyl groups excluding tert-OH is 1. The molecule has 2 fully saturated rings. The number of aliphatic hydroxyl groups is 1. The Morgan fingerprint density at radius 1 is 1.23 bits per heavy atom. The van der Waals surface area contributed by atoms with Crippen LogP contribution in [0.25, 0.3) is 0 Å². The predicted octanol–water partition coefficient (Wildman–Crippen LogP) is 2.11. The molecule has 2 aliphatic rings. The molecular formula is C11H20O2. The van der Waals surface area contributed by atoms with Gasteiger partial charge in [0.1, 0.15) is 0 Å². The predicted molar refractivity (Wildman–Crippen MR) is 51.6 cm³/mol. The average Bonchev–Trinajstić information content (AvgIpc) is 2.59. The first-order valence-corrected chi connectivity index (χ1v) is 5.59. The van der Waals surface area contributed by atoms with E-state index in [-0.39, 0.29) is 5.60 Å². The smallest absolute Gasteiger partial charge is 0.0683 e. The molecule has 0 amide bonds. The molecule has 1 spiro atoms. The molecule has 13 heavy (non-hydrogen) atoms. The molecule has 0 atom stereocenters. The first-order chi connectivity index (χ1) is 6.35. The first kappa shape index (κ1) is 9.47. The Bertz CT molecular complexity index is 151. The summed E-state index contributed by atoms with van der Waals surface area (Å²) in [6.07, 6.45) is 8.52. The van der Waals surface area contributed by atoms with Crippen molar-refractivity contribution in [1.29, 1.82) is 0 Å². The van der Waals surface area contributed by atoms with Gasteiger partial charge in [-0.2, -0.15) is 0 Å². The Morgan fingerprint density at radius 3 is 2.54 bits per heavy atom. The van der Waals surface area contributed by atoms with E-state index in [0.29, 0.717) is 6.61 Å². The molecule has 1 N–H and O–H groups in total. The summed E-state index contributed by atoms with van der Waals surface area (Å²) >= 11 is 0. The molecule has 0 unspecified atom stereocenters. The second kappa shape index (κ2) is 3.97. The fraction of sp³-hybridized carbons (Fsp3) is 1.00. The van der Waals surface area contributed by atoms with Crippen LogP contribution in [0.1, 0.15) is 44.9 Å². The lowest BCUT2D eigenvalue weighted by Gasteiger charge is -2.36. The Hall–Kier alpha value is -0.0800. The highest BCUT2D eigenvalue weighted by Gasteiger charge is 2.38. The molecule has 1 heterocycles. The standard InChI is InChI=1S/C11H20O2/c12-8-4-10-2-6-11(7-3-10)5-1-9-13-11/h10,12H,1-9H2. The molecule has 2 nitrogen and oxygen atoms in total. The number of hydrogen-bond acceptors (Lipinski definition) is 2. The summed E-state index contributed by atoms with van der Waals surface area (Å²) in [4.78, 5) is 0. The van der Waals surface area contributed by atoms with Crippen LogP contribution in [0.3, 0.4) is 0 Å². The minimum absolute atomic E-state index is 0.270. The molecule has 0 bridgehead atoms. The summed E-state index contributed by atoms with van der Waals surface area (Å²) in [7, 11) is 0. The van der Waals surface area contributed by atoms with E-state index in [2.05, 4.69) is 0 Å². The Kier molecular flexibility index (Phi) is 2.89. The van der Waals surface area contributed by atoms with E-state index < -0.39 is 0 Å². The van der Waals surface area contributed by atoms with Gasteiger partial charge in [0.15, 0.2) is 0 Å². The van der Waals surface area contributed by atoms with E-state index in [9.17, 15) is 0 Å². The van der Waals surface area contributed by atoms with E-state index >= 15 is 0 Å². The van der Waals surface area contributed by atoms with Crippen molar-refractivity contribution in [2.75, 3.05) is 13.2 Å². The van der Waals surface area contributed by atoms with Gasteiger partial charge in [0.2, 0.25) is 0 Å². The van der Waals surface area contributed by atoms with Gasteiger partial charge in [-0.1, -0.05) is 0 Å². The second-order valence-corrected chi connectivity index (χ2v) is 4.59. The Morgan fingerprint density at radius 2 is 2.00 bits per heavy atom. The van der Waals surface area contributed by atoms with Crippen molar-refractivity contribution in [3.05, 3.63) is 0 Å². The summed E-state index contributed by atoms with van der Waals surface area (Å²) in [5.41, 5.74) is 0.270. The molecule has 0 aromatic rings. The zero-order valence-electron chi connectivity index (χ0n) is 8.30. The molecule has 2 heteroatoms. The van der Waals surface area contributed by atoms with Gasteiger partial charge in [0.25, 0.3) is 0 Å². The van der Waals surface area contributed by atoms with Crippen LogP contribution in [-0.4, -0.2) is 23.9 Å². The van der Waals surface area contributed by atoms with Gasteiger partial charge in [-0.15, -0.1) is 0 Å². The monoisotopic (exact) mass is 184 g/mol. The minimum Gasteiger partial charge on any atom is -0.396 e. The zero-order chi connectivity index (χ0) is 9.15. The van der Waals surface area contributed by atoms with Crippen LogP contribution >= 0.6 is 0 Å². The fourth-order valence-electron chi connectivity index (χ4n) is 2.82. The van der Waals surface area contributed by atoms with Crippen molar-refractivity contribution in [2.45, 2.75) is 50.5 Å². The maximum Gasteiger partial charge on any atom is 0.0683 e. The molecule has 0 aromatic heterocycles. The second-order valence-electron chi connectivity index (χ2n) is 4.59. The third-order valence-corrected chi connectivity index (χ3v) is 3.74. The minimum atomic E-state index is 0.270. The molecule has 0 aromatic carbocycles. The van der Waals surface area contributed by atoms with Gasteiger partial charge >= 0.3 is 0 Å². The summed E-state index contributed by atoms with van der Waals surface area (Å²) < 4.78 is 5.85. The topological polar surface area (TPSA) is 29.5 Å². The van der Waals surface area contributed by atoms with Crippen LogP contribution in [0.2, 0.25) is 0 Å². The first-order valence-electron chi connectivity index (χ1n) is 5.59. The molecule has 0 radical (unpaired) electrons. The van der Waals surface area contributed by atoms with E-state index in [0.717, 1.165) is 18.9 Å². The van der Waals surface area contributed by atoms with Crippen molar-refractivity contribution in [3.8, 4) is 0 Å². The number of rotatable bonds is 2. The molecule has 2 rings (SSSR count). The lowest BCUT2D eigenvalue weighted by atomic mass is 9.76. The largest absolute Gasteiger partial charge is 0.396 e. The van der Waals surface area contributed by atoms with Crippen molar-refractivity contribution in [2.24, 2.45) is 5.92 Å². The van der Waals surface area contributed by atoms with Gasteiger partial charge in [0.05, 0.1) is 5.60 Å². The fourth-order valence-corrected chi connectivity index (χ4v) is 2.82. The van der Waals surface area contributed by atoms with Crippen molar-refractivity contribution in [1.82, 2.24) is 0 Å². The van der Waals surface area contributed by atoms with Crippen molar-refractivity contribution >= 4 is 0 Å². The maximum absolute atomic E-state index is 8.84. The average molecular weight is 184 g/mol. The normalized spacial score (nSPS) is 39.9. The highest BCUT2D eigenvalue weighted by Crippen LogP contribution is 2.41. The van der Waals surface area contributed by atoms with E-state index in [4.69, 9.17) is 9.84 Å². The van der Waals surface area contributed by atoms with Crippen molar-refractivity contribution in [3.63, 3.8) is 0 Å². The van der Waals surface area contributed by atoms with Gasteiger partial charge in [-0.25, -0.2) is 0 Å². The van der Waals surface area contributed by atoms with Crippen molar-refractivity contribution < 1.29 is 9.84 Å². The van der Waals surface area contributed by atoms with Gasteiger partial charge in [-0.05, 0) is 50.9 Å². The van der Waals surface area contributed by atoms with Crippen LogP contribution in [0.15, 0.2) is 0 Å². The molecule has 1 aliphatic heterocycles. The zero-order valence-corrected chi connectivity index (χ0v) is 8.30. The summed E-state index contributed by atoms with van der Waals surface area (Å²) in [5, 5.41) is 8.84. The molecule has 1 saturated heterocycles. The summed E-state index contributed by atoms with van der Waals surface area (Å²) in [6, 6.07) is 0. The number of ether oxygens (including phenoxy) is 1. The molecule has 1 aliphatic carbocycles. The van der Waals surface area contributed by atoms with Crippen LogP contribution in [0, 0.1) is 5.92 Å². The maximum atomic E-state index is 8.84. The van der Waals surface area contributed by atoms with Crippen LogP contribution in [0.5, 0.6) is 0 Å². The Balaban J connectivity index is 1.81. The summed E-state index contributed by atoms with van der Waals surface area (Å²) in [5.74, 6) is 0.764. The molecular weight excluding hydrogens is 164 g/mol. The molecule has 76 valence electrons. The van der Waals surface area contributed by atoms with E-state index in [1.165, 1.54) is 38.5 Å². The highest BCUT2D eigenvalue weighted by atomic mass is 16.5. The summed E-state index contributed by atoms with van der Waals surface area (Å²) in [6.45, 7) is 1.34.